The molecule has 0 saturated heterocycles. The SMILES string of the molecule is CC(CO)Nc1n[nH]c2nccc(Oc3ccc(NC(=O)C4=CN(C(C)C)C(=O)[C@H](c5ccc(F)cc5)C4=O)cc3F)c12. The summed E-state index contributed by atoms with van der Waals surface area (Å²) in [6, 6.07) is 9.50. The average molecular weight is 591 g/mol. The zero-order chi connectivity index (χ0) is 30.8. The Kier molecular flexibility index (Phi) is 8.17. The summed E-state index contributed by atoms with van der Waals surface area (Å²) < 4.78 is 34.5. The van der Waals surface area contributed by atoms with Crippen LogP contribution in [0.25, 0.3) is 11.0 Å². The lowest BCUT2D eigenvalue weighted by molar-refractivity contribution is -0.137. The van der Waals surface area contributed by atoms with Crippen LogP contribution in [0.4, 0.5) is 20.3 Å². The van der Waals surface area contributed by atoms with Crippen molar-refractivity contribution in [2.45, 2.75) is 38.8 Å². The minimum atomic E-state index is -1.33. The van der Waals surface area contributed by atoms with Crippen LogP contribution in [-0.4, -0.2) is 61.5 Å². The Morgan fingerprint density at radius 1 is 1.09 bits per heavy atom. The smallest absolute Gasteiger partial charge is 0.260 e. The van der Waals surface area contributed by atoms with Crippen molar-refractivity contribution in [3.8, 4) is 11.5 Å². The van der Waals surface area contributed by atoms with Crippen LogP contribution < -0.4 is 15.4 Å². The van der Waals surface area contributed by atoms with E-state index in [1.165, 1.54) is 47.6 Å². The molecule has 1 aliphatic rings. The molecular formula is C30H28F2N6O5. The Morgan fingerprint density at radius 3 is 2.51 bits per heavy atom. The second-order valence-electron chi connectivity index (χ2n) is 10.3. The van der Waals surface area contributed by atoms with Crippen molar-refractivity contribution in [1.82, 2.24) is 20.1 Å². The number of amides is 2. The third-order valence-electron chi connectivity index (χ3n) is 6.79. The second kappa shape index (κ2) is 12.0. The van der Waals surface area contributed by atoms with Crippen LogP contribution in [0.3, 0.4) is 0 Å². The molecule has 13 heteroatoms. The molecule has 0 radical (unpaired) electrons. The van der Waals surface area contributed by atoms with Gasteiger partial charge in [-0.1, -0.05) is 12.1 Å². The predicted molar refractivity (Wildman–Crippen MR) is 153 cm³/mol. The highest BCUT2D eigenvalue weighted by Crippen LogP contribution is 2.35. The van der Waals surface area contributed by atoms with Gasteiger partial charge in [-0.2, -0.15) is 5.10 Å². The minimum absolute atomic E-state index is 0.0391. The number of anilines is 2. The number of aromatic nitrogens is 3. The number of pyridine rings is 1. The van der Waals surface area contributed by atoms with E-state index < -0.39 is 35.1 Å². The largest absolute Gasteiger partial charge is 0.453 e. The first-order valence-corrected chi connectivity index (χ1v) is 13.4. The summed E-state index contributed by atoms with van der Waals surface area (Å²) in [4.78, 5) is 45.2. The molecule has 0 bridgehead atoms. The molecular weight excluding hydrogens is 562 g/mol. The van der Waals surface area contributed by atoms with Gasteiger partial charge in [0.2, 0.25) is 5.91 Å². The fourth-order valence-corrected chi connectivity index (χ4v) is 4.58. The molecule has 4 aromatic rings. The van der Waals surface area contributed by atoms with Crippen LogP contribution in [0.1, 0.15) is 32.3 Å². The van der Waals surface area contributed by atoms with E-state index in [0.29, 0.717) is 16.9 Å². The number of hydrogen-bond acceptors (Lipinski definition) is 8. The van der Waals surface area contributed by atoms with Crippen LogP contribution >= 0.6 is 0 Å². The first kappa shape index (κ1) is 29.3. The van der Waals surface area contributed by atoms with Gasteiger partial charge < -0.3 is 25.4 Å². The van der Waals surface area contributed by atoms with E-state index in [-0.39, 0.29) is 47.0 Å². The van der Waals surface area contributed by atoms with Gasteiger partial charge in [0.15, 0.2) is 28.8 Å². The van der Waals surface area contributed by atoms with Crippen molar-refractivity contribution in [3.05, 3.63) is 83.7 Å². The number of nitrogens with zero attached hydrogens (tertiary/aromatic N) is 3. The lowest BCUT2D eigenvalue weighted by atomic mass is 9.86. The highest BCUT2D eigenvalue weighted by molar-refractivity contribution is 6.31. The highest BCUT2D eigenvalue weighted by atomic mass is 19.1. The zero-order valence-electron chi connectivity index (χ0n) is 23.4. The van der Waals surface area contributed by atoms with Gasteiger partial charge in [0.1, 0.15) is 28.4 Å². The molecule has 4 N–H and O–H groups in total. The molecule has 11 nitrogen and oxygen atoms in total. The zero-order valence-corrected chi connectivity index (χ0v) is 23.4. The summed E-state index contributed by atoms with van der Waals surface area (Å²) in [7, 11) is 0. The van der Waals surface area contributed by atoms with Crippen LogP contribution in [0.15, 0.2) is 66.5 Å². The number of benzene rings is 2. The van der Waals surface area contributed by atoms with Crippen LogP contribution in [-0.2, 0) is 14.4 Å². The van der Waals surface area contributed by atoms with Crippen LogP contribution in [0.5, 0.6) is 11.5 Å². The van der Waals surface area contributed by atoms with Crippen molar-refractivity contribution in [3.63, 3.8) is 0 Å². The number of aliphatic hydroxyl groups excluding tert-OH is 1. The van der Waals surface area contributed by atoms with E-state index in [1.54, 1.807) is 20.8 Å². The maximum atomic E-state index is 15.2. The third-order valence-corrected chi connectivity index (χ3v) is 6.79. The lowest BCUT2D eigenvalue weighted by Gasteiger charge is -2.32. The summed E-state index contributed by atoms with van der Waals surface area (Å²) in [5.41, 5.74) is 0.365. The average Bonchev–Trinajstić information content (AvgIpc) is 3.38. The standard InChI is InChI=1S/C30H28F2N6O5/c1-15(2)38-13-20(26(40)24(30(38)42)17-4-6-18(31)7-5-17)29(41)35-19-8-9-22(21(32)12-19)43-23-10-11-33-27-25(23)28(37-36-27)34-16(3)14-39/h4-13,15-16,24,39H,14H2,1-3H3,(H,35,41)(H2,33,34,36,37)/t16?,24-/m1/s1. The molecule has 2 aromatic carbocycles. The first-order chi connectivity index (χ1) is 20.6. The van der Waals surface area contributed by atoms with Crippen molar-refractivity contribution in [2.24, 2.45) is 0 Å². The number of carbonyl (C=O) groups excluding carboxylic acids is 3. The van der Waals surface area contributed by atoms with E-state index in [2.05, 4.69) is 25.8 Å². The highest BCUT2D eigenvalue weighted by Gasteiger charge is 2.41. The van der Waals surface area contributed by atoms with Crippen LogP contribution in [0, 0.1) is 11.6 Å². The molecule has 0 saturated carbocycles. The maximum absolute atomic E-state index is 15.2. The number of Topliss-reactive ketones (excluding diaryl/α,β-unsaturated/α-hetero) is 1. The molecule has 2 atom stereocenters. The summed E-state index contributed by atoms with van der Waals surface area (Å²) in [6.45, 7) is 5.06. The Balaban J connectivity index is 1.38. The number of hydrogen-bond donors (Lipinski definition) is 4. The molecule has 1 aliphatic heterocycles. The topological polar surface area (TPSA) is 150 Å². The molecule has 2 aromatic heterocycles. The summed E-state index contributed by atoms with van der Waals surface area (Å²) >= 11 is 0. The summed E-state index contributed by atoms with van der Waals surface area (Å²) in [5.74, 6) is -4.36. The number of halogens is 2. The molecule has 222 valence electrons. The monoisotopic (exact) mass is 590 g/mol. The van der Waals surface area contributed by atoms with Gasteiger partial charge in [0, 0.05) is 42.3 Å². The maximum Gasteiger partial charge on any atom is 0.260 e. The lowest BCUT2D eigenvalue weighted by Crippen LogP contribution is -2.45. The van der Waals surface area contributed by atoms with E-state index >= 15 is 4.39 Å². The van der Waals surface area contributed by atoms with Crippen molar-refractivity contribution in [2.75, 3.05) is 17.2 Å². The van der Waals surface area contributed by atoms with Crippen molar-refractivity contribution in [1.29, 1.82) is 0 Å². The summed E-state index contributed by atoms with van der Waals surface area (Å²) in [6.07, 6.45) is 2.64. The molecule has 5 rings (SSSR count). The van der Waals surface area contributed by atoms with Gasteiger partial charge in [-0.05, 0) is 50.6 Å². The number of aliphatic hydroxyl groups is 1. The third kappa shape index (κ3) is 5.93. The molecule has 2 amide bonds. The number of rotatable bonds is 9. The second-order valence-corrected chi connectivity index (χ2v) is 10.3. The number of H-pyrrole nitrogens is 1. The molecule has 3 heterocycles. The molecule has 43 heavy (non-hydrogen) atoms. The van der Waals surface area contributed by atoms with E-state index in [0.717, 1.165) is 18.2 Å². The fraction of sp³-hybridized carbons (Fsp3) is 0.233. The number of ketones is 1. The van der Waals surface area contributed by atoms with Crippen molar-refractivity contribution >= 4 is 40.1 Å². The van der Waals surface area contributed by atoms with Gasteiger partial charge in [0.05, 0.1) is 6.61 Å². The summed E-state index contributed by atoms with van der Waals surface area (Å²) in [5, 5.41) is 22.3. The molecule has 0 aliphatic carbocycles. The predicted octanol–water partition coefficient (Wildman–Crippen LogP) is 4.25. The normalized spacial score (nSPS) is 15.9. The number of carbonyl (C=O) groups is 3. The Labute approximate surface area is 244 Å². The Bertz CT molecular complexity index is 1740. The van der Waals surface area contributed by atoms with Gasteiger partial charge in [-0.3, -0.25) is 19.5 Å². The molecule has 1 unspecified atom stereocenters. The van der Waals surface area contributed by atoms with Crippen molar-refractivity contribution < 1.29 is 33.0 Å². The quantitative estimate of drug-likeness (QED) is 0.167. The molecule has 0 fully saturated rings. The van der Waals surface area contributed by atoms with E-state index in [9.17, 15) is 23.9 Å². The van der Waals surface area contributed by atoms with Gasteiger partial charge in [-0.15, -0.1) is 0 Å². The van der Waals surface area contributed by atoms with Gasteiger partial charge in [0.25, 0.3) is 5.91 Å². The Morgan fingerprint density at radius 2 is 1.84 bits per heavy atom. The van der Waals surface area contributed by atoms with Gasteiger partial charge >= 0.3 is 0 Å². The number of fused-ring (bicyclic) bond motifs is 1. The van der Waals surface area contributed by atoms with Gasteiger partial charge in [-0.25, -0.2) is 13.8 Å². The van der Waals surface area contributed by atoms with E-state index in [1.807, 2.05) is 0 Å². The van der Waals surface area contributed by atoms with E-state index in [4.69, 9.17) is 4.74 Å². The van der Waals surface area contributed by atoms with Crippen LogP contribution in [0.2, 0.25) is 0 Å². The first-order valence-electron chi connectivity index (χ1n) is 13.4. The number of aromatic amines is 1. The minimum Gasteiger partial charge on any atom is -0.453 e. The molecule has 0 spiro atoms. The Hall–Kier alpha value is -5.17. The fourth-order valence-electron chi connectivity index (χ4n) is 4.58. The number of ether oxygens (including phenoxy) is 1. The number of nitrogens with one attached hydrogen (secondary N) is 3.